The van der Waals surface area contributed by atoms with Crippen molar-refractivity contribution < 1.29 is 29.3 Å². The van der Waals surface area contributed by atoms with Crippen molar-refractivity contribution in [2.75, 3.05) is 6.54 Å². The Balaban J connectivity index is 0.000000330. The van der Waals surface area contributed by atoms with E-state index in [0.717, 1.165) is 5.56 Å². The molecule has 0 radical (unpaired) electrons. The maximum atomic E-state index is 11.8. The van der Waals surface area contributed by atoms with Gasteiger partial charge in [-0.3, -0.25) is 9.59 Å². The van der Waals surface area contributed by atoms with Crippen molar-refractivity contribution in [3.8, 4) is 0 Å². The van der Waals surface area contributed by atoms with Crippen LogP contribution in [0.4, 0.5) is 0 Å². The quantitative estimate of drug-likeness (QED) is 0.286. The zero-order valence-electron chi connectivity index (χ0n) is 18.0. The fourth-order valence-electron chi connectivity index (χ4n) is 2.76. The summed E-state index contributed by atoms with van der Waals surface area (Å²) in [4.78, 5) is 33.2. The van der Waals surface area contributed by atoms with E-state index in [2.05, 4.69) is 5.32 Å². The van der Waals surface area contributed by atoms with E-state index in [1.807, 2.05) is 44.2 Å². The molecule has 3 atom stereocenters. The molecule has 0 saturated heterocycles. The van der Waals surface area contributed by atoms with Gasteiger partial charge in [-0.15, -0.1) is 0 Å². The summed E-state index contributed by atoms with van der Waals surface area (Å²) < 4.78 is 5.08. The number of benzene rings is 1. The summed E-state index contributed by atoms with van der Waals surface area (Å²) in [6, 6.07) is 8.72. The van der Waals surface area contributed by atoms with Crippen molar-refractivity contribution in [3.63, 3.8) is 0 Å². The summed E-state index contributed by atoms with van der Waals surface area (Å²) >= 11 is 0. The lowest BCUT2D eigenvalue weighted by molar-refractivity contribution is -0.163. The van der Waals surface area contributed by atoms with E-state index in [1.54, 1.807) is 0 Å². The van der Waals surface area contributed by atoms with Crippen molar-refractivity contribution in [2.24, 2.45) is 17.4 Å². The molecule has 0 bridgehead atoms. The number of hydrogen-bond acceptors (Lipinski definition) is 7. The van der Waals surface area contributed by atoms with Gasteiger partial charge in [0.25, 0.3) is 0 Å². The number of nitrogens with two attached hydrogens (primary N) is 2. The lowest BCUT2D eigenvalue weighted by Crippen LogP contribution is -2.44. The average molecular weight is 436 g/mol. The van der Waals surface area contributed by atoms with Gasteiger partial charge in [-0.25, -0.2) is 4.79 Å². The van der Waals surface area contributed by atoms with Crippen molar-refractivity contribution in [1.82, 2.24) is 5.32 Å². The van der Waals surface area contributed by atoms with E-state index in [-0.39, 0.29) is 25.5 Å². The first-order valence-electron chi connectivity index (χ1n) is 10.2. The second-order valence-corrected chi connectivity index (χ2v) is 7.87. The van der Waals surface area contributed by atoms with Gasteiger partial charge < -0.3 is 31.7 Å². The Morgan fingerprint density at radius 1 is 1.26 bits per heavy atom. The largest absolute Gasteiger partial charge is 0.458 e. The highest BCUT2D eigenvalue weighted by Crippen LogP contribution is 2.24. The molecule has 172 valence electrons. The molecular weight excluding hydrogens is 402 g/mol. The Morgan fingerprint density at radius 2 is 1.90 bits per heavy atom. The lowest BCUT2D eigenvalue weighted by Gasteiger charge is -2.27. The maximum absolute atomic E-state index is 11.8. The highest BCUT2D eigenvalue weighted by atomic mass is 16.5. The molecule has 2 amide bonds. The van der Waals surface area contributed by atoms with Gasteiger partial charge in [0.15, 0.2) is 5.60 Å². The van der Waals surface area contributed by atoms with Gasteiger partial charge in [-0.2, -0.15) is 0 Å². The number of hydrogen-bond donors (Lipinski definition) is 5. The Hall–Kier alpha value is -2.75. The number of nitrogens with one attached hydrogen (secondary N) is 1. The van der Waals surface area contributed by atoms with Crippen molar-refractivity contribution in [3.05, 3.63) is 48.0 Å². The van der Waals surface area contributed by atoms with Gasteiger partial charge in [-0.1, -0.05) is 50.3 Å². The average Bonchev–Trinajstić information content (AvgIpc) is 2.73. The predicted molar refractivity (Wildman–Crippen MR) is 115 cm³/mol. The number of aliphatic hydroxyl groups excluding tert-OH is 1. The summed E-state index contributed by atoms with van der Waals surface area (Å²) in [7, 11) is 0. The third-order valence-electron chi connectivity index (χ3n) is 4.48. The summed E-state index contributed by atoms with van der Waals surface area (Å²) in [5.74, 6) is -1.21. The third-order valence-corrected chi connectivity index (χ3v) is 4.48. The molecule has 1 aromatic carbocycles. The van der Waals surface area contributed by atoms with Crippen LogP contribution in [0, 0.1) is 5.92 Å². The van der Waals surface area contributed by atoms with Crippen LogP contribution in [-0.4, -0.2) is 52.3 Å². The molecule has 0 heterocycles. The van der Waals surface area contributed by atoms with Gasteiger partial charge in [-0.05, 0) is 36.8 Å². The van der Waals surface area contributed by atoms with Gasteiger partial charge in [0.05, 0.1) is 18.7 Å². The minimum absolute atomic E-state index is 0.137. The Kier molecular flexibility index (Phi) is 10.9. The lowest BCUT2D eigenvalue weighted by atomic mass is 9.90. The van der Waals surface area contributed by atoms with Crippen LogP contribution in [0.3, 0.4) is 0 Å². The molecule has 0 saturated carbocycles. The van der Waals surface area contributed by atoms with E-state index < -0.39 is 29.6 Å². The summed E-state index contributed by atoms with van der Waals surface area (Å²) in [5, 5.41) is 21.7. The summed E-state index contributed by atoms with van der Waals surface area (Å²) in [6.45, 7) is 3.94. The van der Waals surface area contributed by atoms with E-state index in [4.69, 9.17) is 16.2 Å². The minimum Gasteiger partial charge on any atom is -0.458 e. The first-order valence-corrected chi connectivity index (χ1v) is 10.2. The minimum atomic E-state index is -1.60. The molecule has 1 aromatic rings. The third kappa shape index (κ3) is 10.2. The van der Waals surface area contributed by atoms with E-state index in [9.17, 15) is 24.6 Å². The molecule has 0 aliphatic heterocycles. The summed E-state index contributed by atoms with van der Waals surface area (Å²) in [6.07, 6.45) is 3.28. The van der Waals surface area contributed by atoms with Crippen molar-refractivity contribution in [1.29, 1.82) is 0 Å². The molecule has 0 fully saturated rings. The Morgan fingerprint density at radius 3 is 2.42 bits per heavy atom. The number of carbonyl (C=O) groups excluding carboxylic acids is 3. The molecule has 2 rings (SSSR count). The monoisotopic (exact) mass is 435 g/mol. The van der Waals surface area contributed by atoms with Crippen LogP contribution < -0.4 is 16.8 Å². The van der Waals surface area contributed by atoms with Crippen LogP contribution >= 0.6 is 0 Å². The smallest absolute Gasteiger partial charge is 0.342 e. The molecule has 7 N–H and O–H groups in total. The van der Waals surface area contributed by atoms with Gasteiger partial charge in [0.1, 0.15) is 6.61 Å². The zero-order chi connectivity index (χ0) is 23.4. The number of amides is 2. The van der Waals surface area contributed by atoms with E-state index in [1.165, 1.54) is 12.2 Å². The Labute approximate surface area is 182 Å². The number of esters is 1. The van der Waals surface area contributed by atoms with Crippen LogP contribution in [0.15, 0.2) is 42.5 Å². The van der Waals surface area contributed by atoms with Crippen LogP contribution in [0.2, 0.25) is 0 Å². The van der Waals surface area contributed by atoms with Gasteiger partial charge >= 0.3 is 5.97 Å². The topological polar surface area (TPSA) is 165 Å². The molecule has 1 aliphatic rings. The van der Waals surface area contributed by atoms with Gasteiger partial charge in [0.2, 0.25) is 11.8 Å². The number of carbonyl (C=O) groups is 3. The number of aliphatic hydroxyl groups is 2. The van der Waals surface area contributed by atoms with Crippen molar-refractivity contribution in [2.45, 2.75) is 57.5 Å². The van der Waals surface area contributed by atoms with Crippen LogP contribution in [-0.2, 0) is 25.7 Å². The second-order valence-electron chi connectivity index (χ2n) is 7.87. The van der Waals surface area contributed by atoms with Crippen LogP contribution in [0.25, 0.3) is 0 Å². The fourth-order valence-corrected chi connectivity index (χ4v) is 2.76. The predicted octanol–water partition coefficient (Wildman–Crippen LogP) is 0.133. The molecule has 0 aromatic heterocycles. The van der Waals surface area contributed by atoms with Crippen LogP contribution in [0.1, 0.15) is 38.7 Å². The molecular formula is C22H33N3O6. The molecule has 9 heteroatoms. The highest BCUT2D eigenvalue weighted by molar-refractivity contribution is 5.86. The van der Waals surface area contributed by atoms with E-state index >= 15 is 0 Å². The first-order chi connectivity index (χ1) is 14.5. The van der Waals surface area contributed by atoms with E-state index in [0.29, 0.717) is 18.8 Å². The molecule has 31 heavy (non-hydrogen) atoms. The normalized spacial score (nSPS) is 20.9. The standard InChI is InChI=1S/C14H16O4.C8H17N3O2/c15-12-6-8-14(17,9-7-12)13(16)18-10-11-4-2-1-3-5-11;1-5(2)3-6(9)8(13)11-4-7(10)12/h1-6,8,12,15,17H,7,9-10H2;5-6H,3-4,9H2,1-2H3,(H2,10,12)(H,11,13)/t;6-/m.0/s1. The molecule has 1 aliphatic carbocycles. The summed E-state index contributed by atoms with van der Waals surface area (Å²) in [5.41, 5.74) is 9.65. The molecule has 0 spiro atoms. The fraction of sp³-hybridized carbons (Fsp3) is 0.500. The molecule has 9 nitrogen and oxygen atoms in total. The highest BCUT2D eigenvalue weighted by Gasteiger charge is 2.37. The van der Waals surface area contributed by atoms with Gasteiger partial charge in [0, 0.05) is 0 Å². The molecule has 2 unspecified atom stereocenters. The maximum Gasteiger partial charge on any atom is 0.342 e. The number of ether oxygens (including phenoxy) is 1. The Bertz CT molecular complexity index is 753. The van der Waals surface area contributed by atoms with Crippen LogP contribution in [0.5, 0.6) is 0 Å². The number of primary amides is 1. The zero-order valence-corrected chi connectivity index (χ0v) is 18.0. The second kappa shape index (κ2) is 12.8. The number of rotatable bonds is 8. The van der Waals surface area contributed by atoms with Crippen molar-refractivity contribution >= 4 is 17.8 Å². The SMILES string of the molecule is CC(C)C[C@H](N)C(=O)NCC(N)=O.O=C(OCc1ccccc1)C1(O)C=CC(O)CC1. The first kappa shape index (κ1) is 26.3.